The Kier molecular flexibility index (Phi) is 6.63. The van der Waals surface area contributed by atoms with Crippen LogP contribution in [0.4, 0.5) is 4.79 Å². The van der Waals surface area contributed by atoms with Crippen molar-refractivity contribution in [2.45, 2.75) is 43.0 Å². The van der Waals surface area contributed by atoms with Gasteiger partial charge in [0, 0.05) is 21.3 Å². The van der Waals surface area contributed by atoms with Crippen LogP contribution in [0.15, 0.2) is 41.3 Å². The highest BCUT2D eigenvalue weighted by Gasteiger charge is 2.16. The number of halogens is 1. The Labute approximate surface area is 162 Å². The third-order valence-corrected chi connectivity index (χ3v) is 5.80. The van der Waals surface area contributed by atoms with Crippen molar-refractivity contribution in [3.63, 3.8) is 0 Å². The molecule has 0 saturated heterocycles. The number of amides is 3. The summed E-state index contributed by atoms with van der Waals surface area (Å²) in [5.74, 6) is -0.0773. The molecule has 3 rings (SSSR count). The Hall–Kier alpha value is -1.92. The lowest BCUT2D eigenvalue weighted by Gasteiger charge is -2.22. The number of urea groups is 1. The summed E-state index contributed by atoms with van der Waals surface area (Å²) in [6.07, 6.45) is 5.51. The van der Waals surface area contributed by atoms with E-state index in [-0.39, 0.29) is 23.7 Å². The number of thioether (sulfide) groups is 1. The number of carbonyl (C=O) groups is 2. The minimum Gasteiger partial charge on any atom is -0.334 e. The molecule has 0 aromatic heterocycles. The molecule has 7 heteroatoms. The molecule has 1 saturated carbocycles. The monoisotopic (exact) mass is 391 g/mol. The van der Waals surface area contributed by atoms with Crippen LogP contribution in [-0.4, -0.2) is 23.7 Å². The van der Waals surface area contributed by atoms with E-state index in [0.717, 1.165) is 41.4 Å². The van der Waals surface area contributed by atoms with Crippen LogP contribution in [0.1, 0.15) is 32.1 Å². The lowest BCUT2D eigenvalue weighted by Crippen LogP contribution is -2.50. The van der Waals surface area contributed by atoms with Crippen molar-refractivity contribution in [1.29, 1.82) is 0 Å². The molecule has 1 aliphatic rings. The van der Waals surface area contributed by atoms with Crippen molar-refractivity contribution >= 4 is 46.1 Å². The van der Waals surface area contributed by atoms with Gasteiger partial charge in [0.1, 0.15) is 0 Å². The summed E-state index contributed by atoms with van der Waals surface area (Å²) in [7, 11) is 0. The van der Waals surface area contributed by atoms with Crippen molar-refractivity contribution in [1.82, 2.24) is 16.2 Å². The van der Waals surface area contributed by atoms with Crippen LogP contribution in [0.5, 0.6) is 0 Å². The van der Waals surface area contributed by atoms with Gasteiger partial charge in [-0.3, -0.25) is 10.2 Å². The molecular weight excluding hydrogens is 370 g/mol. The Morgan fingerprint density at radius 1 is 1.04 bits per heavy atom. The maximum absolute atomic E-state index is 12.0. The zero-order valence-electron chi connectivity index (χ0n) is 14.4. The fraction of sp³-hybridized carbons (Fsp3) is 0.368. The molecular formula is C19H22ClN3O2S. The minimum absolute atomic E-state index is 0.189. The predicted octanol–water partition coefficient (Wildman–Crippen LogP) is 4.25. The number of hydrogen-bond donors (Lipinski definition) is 3. The zero-order valence-corrected chi connectivity index (χ0v) is 16.0. The summed E-state index contributed by atoms with van der Waals surface area (Å²) in [5, 5.41) is 5.53. The van der Waals surface area contributed by atoms with Crippen LogP contribution >= 0.6 is 23.4 Å². The maximum Gasteiger partial charge on any atom is 0.333 e. The van der Waals surface area contributed by atoms with Crippen molar-refractivity contribution in [3.8, 4) is 0 Å². The fourth-order valence-corrected chi connectivity index (χ4v) is 4.40. The summed E-state index contributed by atoms with van der Waals surface area (Å²) in [4.78, 5) is 24.8. The number of fused-ring (bicyclic) bond motifs is 1. The summed E-state index contributed by atoms with van der Waals surface area (Å²) in [6.45, 7) is 0. The third kappa shape index (κ3) is 5.05. The van der Waals surface area contributed by atoms with Crippen LogP contribution in [-0.2, 0) is 4.79 Å². The van der Waals surface area contributed by atoms with Crippen LogP contribution in [0.25, 0.3) is 10.8 Å². The van der Waals surface area contributed by atoms with Gasteiger partial charge in [0.2, 0.25) is 5.91 Å². The molecule has 2 aromatic carbocycles. The number of hydrazine groups is 1. The van der Waals surface area contributed by atoms with Crippen LogP contribution in [0.2, 0.25) is 5.02 Å². The molecule has 0 aliphatic heterocycles. The first-order valence-corrected chi connectivity index (χ1v) is 10.2. The van der Waals surface area contributed by atoms with Gasteiger partial charge in [-0.15, -0.1) is 11.8 Å². The van der Waals surface area contributed by atoms with Crippen molar-refractivity contribution < 1.29 is 9.59 Å². The van der Waals surface area contributed by atoms with E-state index in [1.165, 1.54) is 18.2 Å². The maximum atomic E-state index is 12.0. The van der Waals surface area contributed by atoms with Crippen LogP contribution in [0, 0.1) is 0 Å². The van der Waals surface area contributed by atoms with Gasteiger partial charge in [-0.25, -0.2) is 10.2 Å². The second-order valence-corrected chi connectivity index (χ2v) is 7.79. The Morgan fingerprint density at radius 2 is 1.77 bits per heavy atom. The molecule has 0 unspecified atom stereocenters. The number of nitrogens with one attached hydrogen (secondary N) is 3. The lowest BCUT2D eigenvalue weighted by atomic mass is 9.96. The summed E-state index contributed by atoms with van der Waals surface area (Å²) >= 11 is 7.68. The van der Waals surface area contributed by atoms with Crippen molar-refractivity contribution in [2.75, 3.05) is 5.75 Å². The molecule has 2 aromatic rings. The van der Waals surface area contributed by atoms with E-state index < -0.39 is 0 Å². The van der Waals surface area contributed by atoms with Gasteiger partial charge in [0.05, 0.1) is 5.75 Å². The smallest absolute Gasteiger partial charge is 0.333 e. The lowest BCUT2D eigenvalue weighted by molar-refractivity contribution is -0.119. The van der Waals surface area contributed by atoms with Gasteiger partial charge in [0.15, 0.2) is 0 Å². The highest BCUT2D eigenvalue weighted by molar-refractivity contribution is 8.00. The molecule has 3 amide bonds. The van der Waals surface area contributed by atoms with Gasteiger partial charge >= 0.3 is 6.03 Å². The zero-order chi connectivity index (χ0) is 18.4. The normalized spacial score (nSPS) is 14.8. The average molecular weight is 392 g/mol. The molecule has 3 N–H and O–H groups in total. The molecule has 0 spiro atoms. The van der Waals surface area contributed by atoms with E-state index in [9.17, 15) is 9.59 Å². The first-order chi connectivity index (χ1) is 12.6. The van der Waals surface area contributed by atoms with Crippen LogP contribution in [0.3, 0.4) is 0 Å². The van der Waals surface area contributed by atoms with E-state index >= 15 is 0 Å². The molecule has 138 valence electrons. The van der Waals surface area contributed by atoms with Gasteiger partial charge in [-0.2, -0.15) is 0 Å². The Balaban J connectivity index is 1.48. The molecule has 26 heavy (non-hydrogen) atoms. The van der Waals surface area contributed by atoms with Gasteiger partial charge in [-0.05, 0) is 30.4 Å². The van der Waals surface area contributed by atoms with E-state index in [1.807, 2.05) is 36.4 Å². The molecule has 1 fully saturated rings. The predicted molar refractivity (Wildman–Crippen MR) is 106 cm³/mol. The molecule has 1 aliphatic carbocycles. The van der Waals surface area contributed by atoms with Crippen molar-refractivity contribution in [3.05, 3.63) is 41.4 Å². The van der Waals surface area contributed by atoms with E-state index in [0.29, 0.717) is 5.02 Å². The number of hydrogen-bond acceptors (Lipinski definition) is 3. The van der Waals surface area contributed by atoms with Crippen molar-refractivity contribution in [2.24, 2.45) is 0 Å². The van der Waals surface area contributed by atoms with Gasteiger partial charge in [-0.1, -0.05) is 55.1 Å². The van der Waals surface area contributed by atoms with Crippen LogP contribution < -0.4 is 16.2 Å². The minimum atomic E-state index is -0.358. The number of benzene rings is 2. The second kappa shape index (κ2) is 9.14. The summed E-state index contributed by atoms with van der Waals surface area (Å²) in [5.41, 5.74) is 4.88. The molecule has 0 heterocycles. The van der Waals surface area contributed by atoms with E-state index in [2.05, 4.69) is 16.2 Å². The summed E-state index contributed by atoms with van der Waals surface area (Å²) < 4.78 is 0. The highest BCUT2D eigenvalue weighted by atomic mass is 35.5. The first kappa shape index (κ1) is 18.9. The topological polar surface area (TPSA) is 70.2 Å². The molecule has 0 radical (unpaired) electrons. The molecule has 5 nitrogen and oxygen atoms in total. The number of carbonyl (C=O) groups excluding carboxylic acids is 2. The average Bonchev–Trinajstić information content (AvgIpc) is 2.65. The standard InChI is InChI=1S/C19H22ClN3O2S/c20-15-10-4-6-13-7-5-11-16(18(13)15)26-12-17(24)22-23-19(25)21-14-8-2-1-3-9-14/h4-7,10-11,14H,1-3,8-9,12H2,(H,22,24)(H2,21,23,25). The first-order valence-electron chi connectivity index (χ1n) is 8.79. The molecule has 0 bridgehead atoms. The fourth-order valence-electron chi connectivity index (χ4n) is 3.16. The highest BCUT2D eigenvalue weighted by Crippen LogP contribution is 2.32. The third-order valence-electron chi connectivity index (χ3n) is 4.43. The quantitative estimate of drug-likeness (QED) is 0.539. The van der Waals surface area contributed by atoms with Gasteiger partial charge < -0.3 is 5.32 Å². The van der Waals surface area contributed by atoms with Gasteiger partial charge in [0.25, 0.3) is 0 Å². The Morgan fingerprint density at radius 3 is 2.54 bits per heavy atom. The van der Waals surface area contributed by atoms with E-state index in [4.69, 9.17) is 11.6 Å². The summed E-state index contributed by atoms with van der Waals surface area (Å²) in [6, 6.07) is 11.4. The second-order valence-electron chi connectivity index (χ2n) is 6.36. The largest absolute Gasteiger partial charge is 0.334 e. The Bertz CT molecular complexity index is 788. The van der Waals surface area contributed by atoms with E-state index in [1.54, 1.807) is 0 Å². The molecule has 0 atom stereocenters. The SMILES string of the molecule is O=C(CSc1cccc2cccc(Cl)c12)NNC(=O)NC1CCCCC1. The number of rotatable bonds is 4.